The van der Waals surface area contributed by atoms with Crippen LogP contribution in [0.3, 0.4) is 0 Å². The van der Waals surface area contributed by atoms with Gasteiger partial charge in [0.1, 0.15) is 29.5 Å². The summed E-state index contributed by atoms with van der Waals surface area (Å²) in [7, 11) is 0. The van der Waals surface area contributed by atoms with E-state index in [1.165, 1.54) is 18.5 Å². The minimum absolute atomic E-state index is 0.00604. The van der Waals surface area contributed by atoms with Gasteiger partial charge >= 0.3 is 12.2 Å². The number of halogens is 3. The van der Waals surface area contributed by atoms with Crippen LogP contribution in [0.4, 0.5) is 35.2 Å². The molecule has 3 amide bonds. The second-order valence-corrected chi connectivity index (χ2v) is 12.1. The van der Waals surface area contributed by atoms with Crippen molar-refractivity contribution in [1.29, 1.82) is 5.26 Å². The number of piperidine rings is 1. The number of aromatic nitrogens is 4. The van der Waals surface area contributed by atoms with Gasteiger partial charge in [-0.05, 0) is 48.6 Å². The molecule has 3 heterocycles. The molecular weight excluding hydrogens is 599 g/mol. The summed E-state index contributed by atoms with van der Waals surface area (Å²) in [5, 5.41) is 20.1. The third-order valence-electron chi connectivity index (χ3n) is 7.34. The van der Waals surface area contributed by atoms with Crippen LogP contribution in [0.1, 0.15) is 45.2 Å². The van der Waals surface area contributed by atoms with Gasteiger partial charge in [-0.25, -0.2) is 19.4 Å². The van der Waals surface area contributed by atoms with E-state index in [-0.39, 0.29) is 34.4 Å². The minimum Gasteiger partial charge on any atom is -0.383 e. The summed E-state index contributed by atoms with van der Waals surface area (Å²) in [5.41, 5.74) is 7.21. The Morgan fingerprint density at radius 3 is 2.46 bits per heavy atom. The maximum Gasteiger partial charge on any atom is 0.416 e. The van der Waals surface area contributed by atoms with Gasteiger partial charge in [0.25, 0.3) is 5.91 Å². The molecule has 4 aromatic rings. The Hall–Kier alpha value is -5.45. The molecule has 238 valence electrons. The molecule has 0 spiro atoms. The van der Waals surface area contributed by atoms with Crippen molar-refractivity contribution in [3.8, 4) is 17.3 Å². The molecule has 0 radical (unpaired) electrons. The van der Waals surface area contributed by atoms with E-state index in [1.807, 2.05) is 26.8 Å². The van der Waals surface area contributed by atoms with Gasteiger partial charge in [0.15, 0.2) is 5.65 Å². The highest BCUT2D eigenvalue weighted by Crippen LogP contribution is 2.35. The maximum atomic E-state index is 13.3. The zero-order valence-corrected chi connectivity index (χ0v) is 25.4. The topological polar surface area (TPSA) is 155 Å². The highest BCUT2D eigenvalue weighted by molar-refractivity contribution is 6.01. The summed E-state index contributed by atoms with van der Waals surface area (Å²) in [5.74, 6) is -0.106. The SMILES string of the molecule is CC(C)(C)/C=C(\C#N)C(=O)N1CCC[C@@H](n2nc(-c3ccc(NC(=O)Nc4cccc(C(F)(F)F)c4)cc3)c3c(N)ncnc32)C1. The number of amides is 3. The van der Waals surface area contributed by atoms with Crippen molar-refractivity contribution in [1.82, 2.24) is 24.6 Å². The predicted octanol–water partition coefficient (Wildman–Crippen LogP) is 6.40. The number of urea groups is 1. The van der Waals surface area contributed by atoms with Gasteiger partial charge in [-0.15, -0.1) is 0 Å². The van der Waals surface area contributed by atoms with Crippen LogP contribution in [-0.4, -0.2) is 49.7 Å². The Morgan fingerprint density at radius 1 is 1.07 bits per heavy atom. The largest absolute Gasteiger partial charge is 0.416 e. The molecule has 1 aliphatic rings. The van der Waals surface area contributed by atoms with E-state index in [0.29, 0.717) is 47.5 Å². The fourth-order valence-corrected chi connectivity index (χ4v) is 5.31. The fraction of sp³-hybridized carbons (Fsp3) is 0.312. The maximum absolute atomic E-state index is 13.3. The molecule has 1 atom stereocenters. The van der Waals surface area contributed by atoms with E-state index in [0.717, 1.165) is 18.6 Å². The lowest BCUT2D eigenvalue weighted by atomic mass is 9.93. The summed E-state index contributed by atoms with van der Waals surface area (Å²) in [6.45, 7) is 6.62. The van der Waals surface area contributed by atoms with Gasteiger partial charge < -0.3 is 21.3 Å². The van der Waals surface area contributed by atoms with Crippen LogP contribution in [-0.2, 0) is 11.0 Å². The summed E-state index contributed by atoms with van der Waals surface area (Å²) in [6, 6.07) is 12.1. The molecule has 0 bridgehead atoms. The Morgan fingerprint density at radius 2 is 1.78 bits per heavy atom. The van der Waals surface area contributed by atoms with Crippen LogP contribution in [0.25, 0.3) is 22.3 Å². The summed E-state index contributed by atoms with van der Waals surface area (Å²) in [6.07, 6.45) is -0.0831. The Labute approximate surface area is 262 Å². The van der Waals surface area contributed by atoms with Crippen molar-refractivity contribution in [2.24, 2.45) is 5.41 Å². The minimum atomic E-state index is -4.53. The van der Waals surface area contributed by atoms with E-state index in [9.17, 15) is 28.0 Å². The number of hydrogen-bond donors (Lipinski definition) is 3. The first-order chi connectivity index (χ1) is 21.7. The first-order valence-electron chi connectivity index (χ1n) is 14.5. The van der Waals surface area contributed by atoms with Gasteiger partial charge in [0.05, 0.1) is 17.0 Å². The quantitative estimate of drug-likeness (QED) is 0.170. The number of likely N-dealkylation sites (tertiary alicyclic amines) is 1. The number of allylic oxidation sites excluding steroid dienone is 1. The molecule has 1 saturated heterocycles. The molecule has 2 aromatic carbocycles. The average Bonchev–Trinajstić information content (AvgIpc) is 3.40. The summed E-state index contributed by atoms with van der Waals surface area (Å²) >= 11 is 0. The standard InChI is InChI=1S/C32H32F3N9O2/c1-31(2,3)15-20(16-36)29(45)43-13-5-8-24(17-43)44-28-25(27(37)38-18-39-28)26(42-44)19-9-11-22(12-10-19)40-30(46)41-23-7-4-6-21(14-23)32(33,34)35/h4,6-7,9-12,14-15,18,24H,5,8,13,17H2,1-3H3,(H2,37,38,39)(H2,40,41,46)/b20-15+/t24-/m1/s1. The van der Waals surface area contributed by atoms with E-state index < -0.39 is 17.8 Å². The molecule has 46 heavy (non-hydrogen) atoms. The van der Waals surface area contributed by atoms with E-state index in [4.69, 9.17) is 10.8 Å². The number of nitriles is 1. The number of alkyl halides is 3. The molecule has 2 aromatic heterocycles. The molecule has 14 heteroatoms. The van der Waals surface area contributed by atoms with Crippen LogP contribution in [0.2, 0.25) is 0 Å². The first-order valence-corrected chi connectivity index (χ1v) is 14.5. The molecule has 5 rings (SSSR count). The van der Waals surface area contributed by atoms with E-state index >= 15 is 0 Å². The van der Waals surface area contributed by atoms with Crippen molar-refractivity contribution in [2.45, 2.75) is 45.8 Å². The Kier molecular flexibility index (Phi) is 8.69. The number of hydrogen-bond acceptors (Lipinski definition) is 7. The van der Waals surface area contributed by atoms with E-state index in [2.05, 4.69) is 20.6 Å². The number of nitrogens with zero attached hydrogens (tertiary/aromatic N) is 6. The number of nitrogens with one attached hydrogen (secondary N) is 2. The summed E-state index contributed by atoms with van der Waals surface area (Å²) in [4.78, 5) is 36.0. The molecule has 0 saturated carbocycles. The summed E-state index contributed by atoms with van der Waals surface area (Å²) < 4.78 is 40.8. The lowest BCUT2D eigenvalue weighted by Gasteiger charge is -2.33. The van der Waals surface area contributed by atoms with Crippen molar-refractivity contribution in [2.75, 3.05) is 29.5 Å². The lowest BCUT2D eigenvalue weighted by molar-refractivity contribution is -0.137. The third-order valence-corrected chi connectivity index (χ3v) is 7.34. The highest BCUT2D eigenvalue weighted by atomic mass is 19.4. The van der Waals surface area contributed by atoms with Crippen LogP contribution in [0, 0.1) is 16.7 Å². The zero-order valence-electron chi connectivity index (χ0n) is 25.4. The molecule has 0 unspecified atom stereocenters. The Balaban J connectivity index is 1.37. The number of rotatable bonds is 5. The second-order valence-electron chi connectivity index (χ2n) is 12.1. The molecule has 4 N–H and O–H groups in total. The van der Waals surface area contributed by atoms with Crippen LogP contribution >= 0.6 is 0 Å². The van der Waals surface area contributed by atoms with E-state index in [1.54, 1.807) is 39.9 Å². The van der Waals surface area contributed by atoms with Gasteiger partial charge in [0, 0.05) is 30.0 Å². The zero-order chi connectivity index (χ0) is 33.2. The van der Waals surface area contributed by atoms with Crippen LogP contribution in [0.15, 0.2) is 66.5 Å². The van der Waals surface area contributed by atoms with Crippen LogP contribution in [0.5, 0.6) is 0 Å². The van der Waals surface area contributed by atoms with Crippen LogP contribution < -0.4 is 16.4 Å². The lowest BCUT2D eigenvalue weighted by Crippen LogP contribution is -2.41. The van der Waals surface area contributed by atoms with Gasteiger partial charge in [-0.3, -0.25) is 4.79 Å². The number of nitrogen functional groups attached to an aromatic ring is 1. The fourth-order valence-electron chi connectivity index (χ4n) is 5.31. The second kappa shape index (κ2) is 12.5. The number of anilines is 3. The monoisotopic (exact) mass is 631 g/mol. The van der Waals surface area contributed by atoms with Gasteiger partial charge in [-0.1, -0.05) is 45.0 Å². The third kappa shape index (κ3) is 7.09. The van der Waals surface area contributed by atoms with Crippen molar-refractivity contribution >= 4 is 40.2 Å². The molecule has 0 aliphatic carbocycles. The highest BCUT2D eigenvalue weighted by Gasteiger charge is 2.31. The molecule has 11 nitrogen and oxygen atoms in total. The average molecular weight is 632 g/mol. The first kappa shape index (κ1) is 32.0. The Bertz CT molecular complexity index is 1850. The number of benzene rings is 2. The molecular formula is C32H32F3N9O2. The number of carbonyl (C=O) groups is 2. The van der Waals surface area contributed by atoms with Gasteiger partial charge in [0.2, 0.25) is 0 Å². The smallest absolute Gasteiger partial charge is 0.383 e. The van der Waals surface area contributed by atoms with Crippen molar-refractivity contribution in [3.05, 3.63) is 72.1 Å². The number of carbonyl (C=O) groups excluding carboxylic acids is 2. The number of nitrogens with two attached hydrogens (primary N) is 1. The number of fused-ring (bicyclic) bond motifs is 1. The molecule has 1 fully saturated rings. The van der Waals surface area contributed by atoms with Crippen molar-refractivity contribution < 1.29 is 22.8 Å². The molecule has 1 aliphatic heterocycles. The van der Waals surface area contributed by atoms with Crippen molar-refractivity contribution in [3.63, 3.8) is 0 Å². The van der Waals surface area contributed by atoms with Gasteiger partial charge in [-0.2, -0.15) is 23.5 Å². The predicted molar refractivity (Wildman–Crippen MR) is 167 cm³/mol. The normalized spacial score (nSPS) is 15.8.